The summed E-state index contributed by atoms with van der Waals surface area (Å²) in [5.41, 5.74) is 2.01. The van der Waals surface area contributed by atoms with E-state index in [4.69, 9.17) is 4.74 Å². The molecule has 0 spiro atoms. The van der Waals surface area contributed by atoms with E-state index in [-0.39, 0.29) is 24.2 Å². The molecule has 160 valence electrons. The minimum atomic E-state index is -0.324. The van der Waals surface area contributed by atoms with Crippen LogP contribution in [-0.4, -0.2) is 66.7 Å². The number of rotatable bonds is 4. The van der Waals surface area contributed by atoms with Crippen LogP contribution in [0, 0.1) is 5.92 Å². The van der Waals surface area contributed by atoms with Gasteiger partial charge in [-0.05, 0) is 36.4 Å². The first-order chi connectivity index (χ1) is 15.1. The smallest absolute Gasteiger partial charge is 0.229 e. The van der Waals surface area contributed by atoms with Gasteiger partial charge in [0.2, 0.25) is 11.8 Å². The highest BCUT2D eigenvalue weighted by atomic mass is 16.5. The Balaban J connectivity index is 1.22. The summed E-state index contributed by atoms with van der Waals surface area (Å²) in [6, 6.07) is 15.7. The number of aromatic amines is 1. The molecule has 2 aliphatic rings. The maximum absolute atomic E-state index is 13.1. The fourth-order valence-electron chi connectivity index (χ4n) is 4.47. The third-order valence-corrected chi connectivity index (χ3v) is 6.21. The fraction of sp³-hybridized carbons (Fsp3) is 0.348. The molecule has 2 fully saturated rings. The van der Waals surface area contributed by atoms with E-state index in [0.29, 0.717) is 25.5 Å². The molecule has 3 heterocycles. The van der Waals surface area contributed by atoms with Crippen molar-refractivity contribution >= 4 is 34.2 Å². The van der Waals surface area contributed by atoms with Gasteiger partial charge in [-0.25, -0.2) is 0 Å². The molecule has 3 aromatic rings. The highest BCUT2D eigenvalue weighted by Gasteiger charge is 2.39. The van der Waals surface area contributed by atoms with E-state index in [0.717, 1.165) is 35.4 Å². The van der Waals surface area contributed by atoms with Crippen molar-refractivity contribution < 1.29 is 14.3 Å². The fourth-order valence-corrected chi connectivity index (χ4v) is 4.47. The van der Waals surface area contributed by atoms with Crippen LogP contribution < -0.4 is 14.5 Å². The number of carbonyl (C=O) groups is 2. The minimum Gasteiger partial charge on any atom is -0.497 e. The second-order valence-electron chi connectivity index (χ2n) is 8.01. The molecule has 2 saturated heterocycles. The molecule has 8 heteroatoms. The Morgan fingerprint density at radius 3 is 2.55 bits per heavy atom. The summed E-state index contributed by atoms with van der Waals surface area (Å²) in [4.78, 5) is 31.6. The number of carbonyl (C=O) groups excluding carboxylic acids is 2. The van der Waals surface area contributed by atoms with Gasteiger partial charge in [0.1, 0.15) is 5.75 Å². The van der Waals surface area contributed by atoms with E-state index in [1.165, 1.54) is 0 Å². The number of ether oxygens (including phenoxy) is 1. The van der Waals surface area contributed by atoms with Crippen LogP contribution in [0.2, 0.25) is 0 Å². The number of nitrogens with zero attached hydrogens (tertiary/aromatic N) is 4. The van der Waals surface area contributed by atoms with Gasteiger partial charge >= 0.3 is 0 Å². The zero-order chi connectivity index (χ0) is 21.4. The van der Waals surface area contributed by atoms with Gasteiger partial charge in [-0.3, -0.25) is 19.6 Å². The molecule has 0 bridgehead atoms. The Morgan fingerprint density at radius 2 is 1.81 bits per heavy atom. The summed E-state index contributed by atoms with van der Waals surface area (Å²) in [6.45, 7) is 3.23. The molecule has 0 aliphatic carbocycles. The van der Waals surface area contributed by atoms with Crippen molar-refractivity contribution in [3.05, 3.63) is 48.5 Å². The number of nitrogens with one attached hydrogen (secondary N) is 1. The first-order valence-electron chi connectivity index (χ1n) is 10.6. The van der Waals surface area contributed by atoms with Crippen LogP contribution in [0.25, 0.3) is 10.9 Å². The van der Waals surface area contributed by atoms with Gasteiger partial charge in [0.15, 0.2) is 5.82 Å². The lowest BCUT2D eigenvalue weighted by atomic mass is 10.1. The van der Waals surface area contributed by atoms with Crippen LogP contribution >= 0.6 is 0 Å². The van der Waals surface area contributed by atoms with Crippen molar-refractivity contribution in [2.75, 3.05) is 49.6 Å². The van der Waals surface area contributed by atoms with E-state index in [2.05, 4.69) is 15.1 Å². The number of benzene rings is 2. The Kier molecular flexibility index (Phi) is 4.97. The predicted molar refractivity (Wildman–Crippen MR) is 118 cm³/mol. The molecule has 2 aromatic carbocycles. The summed E-state index contributed by atoms with van der Waals surface area (Å²) in [5.74, 6) is 1.13. The van der Waals surface area contributed by atoms with Crippen molar-refractivity contribution in [2.45, 2.75) is 6.42 Å². The molecular formula is C23H25N5O3. The molecule has 0 radical (unpaired) electrons. The quantitative estimate of drug-likeness (QED) is 0.702. The largest absolute Gasteiger partial charge is 0.497 e. The number of methoxy groups -OCH3 is 1. The third kappa shape index (κ3) is 3.58. The summed E-state index contributed by atoms with van der Waals surface area (Å²) in [5, 5.41) is 8.20. The van der Waals surface area contributed by atoms with E-state index in [9.17, 15) is 9.59 Å². The van der Waals surface area contributed by atoms with Crippen LogP contribution in [0.1, 0.15) is 6.42 Å². The number of hydrogen-bond acceptors (Lipinski definition) is 5. The number of aromatic nitrogens is 2. The lowest BCUT2D eigenvalue weighted by Gasteiger charge is -2.37. The first kappa shape index (κ1) is 19.4. The molecule has 1 N–H and O–H groups in total. The molecule has 0 saturated carbocycles. The van der Waals surface area contributed by atoms with Crippen molar-refractivity contribution in [1.82, 2.24) is 15.1 Å². The Hall–Kier alpha value is -3.55. The summed E-state index contributed by atoms with van der Waals surface area (Å²) in [6.07, 6.45) is 0.235. The Bertz CT molecular complexity index is 1100. The van der Waals surface area contributed by atoms with Gasteiger partial charge in [0, 0.05) is 50.2 Å². The molecule has 5 rings (SSSR count). The normalized spacial score (nSPS) is 19.3. The molecule has 8 nitrogen and oxygen atoms in total. The monoisotopic (exact) mass is 419 g/mol. The van der Waals surface area contributed by atoms with Gasteiger partial charge < -0.3 is 14.5 Å². The summed E-state index contributed by atoms with van der Waals surface area (Å²) < 4.78 is 5.22. The zero-order valence-electron chi connectivity index (χ0n) is 17.5. The van der Waals surface area contributed by atoms with Gasteiger partial charge in [-0.15, -0.1) is 0 Å². The molecule has 1 atom stereocenters. The second kappa shape index (κ2) is 7.94. The van der Waals surface area contributed by atoms with E-state index >= 15 is 0 Å². The number of fused-ring (bicyclic) bond motifs is 1. The average molecular weight is 419 g/mol. The SMILES string of the molecule is COc1ccc(N2CCN(C(=O)C3CC(=O)N(c4n[nH]c5ccccc45)C3)CC2)cc1. The van der Waals surface area contributed by atoms with Gasteiger partial charge in [-0.1, -0.05) is 12.1 Å². The molecule has 1 unspecified atom stereocenters. The van der Waals surface area contributed by atoms with Crippen molar-refractivity contribution in [3.8, 4) is 5.75 Å². The van der Waals surface area contributed by atoms with Gasteiger partial charge in [0.25, 0.3) is 0 Å². The van der Waals surface area contributed by atoms with Crippen molar-refractivity contribution in [1.29, 1.82) is 0 Å². The number of hydrogen-bond donors (Lipinski definition) is 1. The molecule has 31 heavy (non-hydrogen) atoms. The predicted octanol–water partition coefficient (Wildman–Crippen LogP) is 2.27. The zero-order valence-corrected chi connectivity index (χ0v) is 17.5. The van der Waals surface area contributed by atoms with E-state index in [1.54, 1.807) is 12.0 Å². The number of H-pyrrole nitrogens is 1. The second-order valence-corrected chi connectivity index (χ2v) is 8.01. The van der Waals surface area contributed by atoms with E-state index in [1.807, 2.05) is 53.4 Å². The topological polar surface area (TPSA) is 81.8 Å². The average Bonchev–Trinajstić information content (AvgIpc) is 3.42. The van der Waals surface area contributed by atoms with Crippen LogP contribution in [-0.2, 0) is 9.59 Å². The Labute approximate surface area is 180 Å². The van der Waals surface area contributed by atoms with Crippen LogP contribution in [0.15, 0.2) is 48.5 Å². The number of para-hydroxylation sites is 1. The van der Waals surface area contributed by atoms with Crippen molar-refractivity contribution in [2.24, 2.45) is 5.92 Å². The number of piperazine rings is 1. The van der Waals surface area contributed by atoms with E-state index < -0.39 is 0 Å². The van der Waals surface area contributed by atoms with Gasteiger partial charge in [-0.2, -0.15) is 5.10 Å². The number of amides is 2. The molecule has 2 amide bonds. The highest BCUT2D eigenvalue weighted by Crippen LogP contribution is 2.30. The minimum absolute atomic E-state index is 0.0486. The lowest BCUT2D eigenvalue weighted by Crippen LogP contribution is -2.50. The van der Waals surface area contributed by atoms with Crippen LogP contribution in [0.5, 0.6) is 5.75 Å². The summed E-state index contributed by atoms with van der Waals surface area (Å²) in [7, 11) is 1.66. The maximum Gasteiger partial charge on any atom is 0.229 e. The van der Waals surface area contributed by atoms with Crippen molar-refractivity contribution in [3.63, 3.8) is 0 Å². The van der Waals surface area contributed by atoms with Crippen LogP contribution in [0.4, 0.5) is 11.5 Å². The molecule has 2 aliphatic heterocycles. The first-order valence-corrected chi connectivity index (χ1v) is 10.6. The highest BCUT2D eigenvalue weighted by molar-refractivity contribution is 6.05. The molecule has 1 aromatic heterocycles. The molecular weight excluding hydrogens is 394 g/mol. The standard InChI is InChI=1S/C23H25N5O3/c1-31-18-8-6-17(7-9-18)26-10-12-27(13-11-26)23(30)16-14-21(29)28(15-16)22-19-4-2-3-5-20(19)24-25-22/h2-9,16H,10-15H2,1H3,(H,24,25). The maximum atomic E-state index is 13.1. The number of anilines is 2. The Morgan fingerprint density at radius 1 is 1.06 bits per heavy atom. The summed E-state index contributed by atoms with van der Waals surface area (Å²) >= 11 is 0. The van der Waals surface area contributed by atoms with Crippen LogP contribution in [0.3, 0.4) is 0 Å². The third-order valence-electron chi connectivity index (χ3n) is 6.21. The lowest BCUT2D eigenvalue weighted by molar-refractivity contribution is -0.136. The van der Waals surface area contributed by atoms with Gasteiger partial charge in [0.05, 0.1) is 18.5 Å².